The second-order valence-electron chi connectivity index (χ2n) is 6.54. The van der Waals surface area contributed by atoms with E-state index in [4.69, 9.17) is 4.74 Å². The average Bonchev–Trinajstić information content (AvgIpc) is 2.56. The summed E-state index contributed by atoms with van der Waals surface area (Å²) in [5.74, 6) is 0.722. The first-order chi connectivity index (χ1) is 11.2. The summed E-state index contributed by atoms with van der Waals surface area (Å²) in [4.78, 5) is 0. The Hall–Kier alpha value is -1.22. The van der Waals surface area contributed by atoms with Crippen LogP contribution in [0.1, 0.15) is 69.1 Å². The van der Waals surface area contributed by atoms with Crippen molar-refractivity contribution in [1.29, 1.82) is 0 Å². The highest BCUT2D eigenvalue weighted by atomic mass is 19.3. The number of ether oxygens (including phenoxy) is 1. The van der Waals surface area contributed by atoms with Crippen molar-refractivity contribution >= 4 is 0 Å². The number of allylic oxidation sites excluding steroid dienone is 1. The summed E-state index contributed by atoms with van der Waals surface area (Å²) in [6.45, 7) is 3.11. The maximum atomic E-state index is 12.0. The lowest BCUT2D eigenvalue weighted by Gasteiger charge is -2.29. The van der Waals surface area contributed by atoms with Gasteiger partial charge in [0, 0.05) is 0 Å². The van der Waals surface area contributed by atoms with Crippen LogP contribution in [0.2, 0.25) is 0 Å². The molecule has 0 aliphatic carbocycles. The normalized spacial score (nSPS) is 21.2. The van der Waals surface area contributed by atoms with Gasteiger partial charge in [0.1, 0.15) is 0 Å². The van der Waals surface area contributed by atoms with E-state index in [-0.39, 0.29) is 6.10 Å². The van der Waals surface area contributed by atoms with Crippen molar-refractivity contribution in [3.8, 4) is 0 Å². The Balaban J connectivity index is 1.76. The number of benzene rings is 1. The van der Waals surface area contributed by atoms with Gasteiger partial charge in [-0.15, -0.1) is 0 Å². The van der Waals surface area contributed by atoms with Gasteiger partial charge in [-0.3, -0.25) is 0 Å². The SMILES string of the molecule is CCCCCC1CCC(c2ccc(CCC=C(F)F)cc2)OC1. The van der Waals surface area contributed by atoms with Crippen LogP contribution in [0.15, 0.2) is 36.4 Å². The monoisotopic (exact) mass is 322 g/mol. The zero-order valence-electron chi connectivity index (χ0n) is 14.1. The molecule has 1 aromatic carbocycles. The summed E-state index contributed by atoms with van der Waals surface area (Å²) in [6, 6.07) is 8.26. The zero-order chi connectivity index (χ0) is 16.5. The zero-order valence-corrected chi connectivity index (χ0v) is 14.1. The first kappa shape index (κ1) is 18.1. The molecule has 1 saturated heterocycles. The molecule has 0 spiro atoms. The molecule has 2 unspecified atom stereocenters. The highest BCUT2D eigenvalue weighted by molar-refractivity contribution is 5.25. The van der Waals surface area contributed by atoms with Crippen LogP contribution >= 0.6 is 0 Å². The van der Waals surface area contributed by atoms with Crippen LogP contribution in [0.25, 0.3) is 0 Å². The smallest absolute Gasteiger partial charge is 0.266 e. The maximum Gasteiger partial charge on any atom is 0.266 e. The molecule has 23 heavy (non-hydrogen) atoms. The van der Waals surface area contributed by atoms with Gasteiger partial charge in [0.15, 0.2) is 0 Å². The average molecular weight is 322 g/mol. The van der Waals surface area contributed by atoms with Crippen molar-refractivity contribution in [3.63, 3.8) is 0 Å². The summed E-state index contributed by atoms with van der Waals surface area (Å²) < 4.78 is 30.1. The molecule has 1 fully saturated rings. The molecule has 0 saturated carbocycles. The van der Waals surface area contributed by atoms with Gasteiger partial charge < -0.3 is 4.74 Å². The summed E-state index contributed by atoms with van der Waals surface area (Å²) in [7, 11) is 0. The van der Waals surface area contributed by atoms with Crippen LogP contribution in [0.5, 0.6) is 0 Å². The molecule has 2 rings (SSSR count). The van der Waals surface area contributed by atoms with Crippen molar-refractivity contribution in [3.05, 3.63) is 47.5 Å². The second kappa shape index (κ2) is 9.82. The van der Waals surface area contributed by atoms with Gasteiger partial charge in [-0.25, -0.2) is 0 Å². The van der Waals surface area contributed by atoms with Gasteiger partial charge in [0.05, 0.1) is 12.7 Å². The van der Waals surface area contributed by atoms with E-state index in [0.717, 1.165) is 30.6 Å². The van der Waals surface area contributed by atoms with Crippen LogP contribution in [-0.2, 0) is 11.2 Å². The first-order valence-corrected chi connectivity index (χ1v) is 8.90. The number of unbranched alkanes of at least 4 members (excludes halogenated alkanes) is 2. The second-order valence-corrected chi connectivity index (χ2v) is 6.54. The summed E-state index contributed by atoms with van der Waals surface area (Å²) >= 11 is 0. The van der Waals surface area contributed by atoms with Crippen molar-refractivity contribution in [2.75, 3.05) is 6.61 Å². The van der Waals surface area contributed by atoms with E-state index in [2.05, 4.69) is 19.1 Å². The van der Waals surface area contributed by atoms with E-state index < -0.39 is 6.08 Å². The molecule has 0 amide bonds. The van der Waals surface area contributed by atoms with Gasteiger partial charge in [0.2, 0.25) is 0 Å². The Morgan fingerprint density at radius 1 is 1.17 bits per heavy atom. The molecule has 0 bridgehead atoms. The maximum absolute atomic E-state index is 12.0. The molecule has 1 aliphatic heterocycles. The number of rotatable bonds is 8. The van der Waals surface area contributed by atoms with Crippen molar-refractivity contribution in [2.24, 2.45) is 5.92 Å². The predicted molar refractivity (Wildman–Crippen MR) is 90.6 cm³/mol. The minimum atomic E-state index is -1.59. The minimum absolute atomic E-state index is 0.203. The molecule has 0 radical (unpaired) electrons. The number of hydrogen-bond donors (Lipinski definition) is 0. The fourth-order valence-electron chi connectivity index (χ4n) is 3.23. The van der Waals surface area contributed by atoms with E-state index in [1.807, 2.05) is 12.1 Å². The standard InChI is InChI=1S/C20H28F2O/c1-2-3-4-6-17-11-14-19(23-15-17)18-12-9-16(10-13-18)7-5-8-20(21)22/h8-10,12-13,17,19H,2-7,11,14-15H2,1H3. The molecule has 2 atom stereocenters. The molecule has 1 nitrogen and oxygen atoms in total. The Bertz CT molecular complexity index is 469. The lowest BCUT2D eigenvalue weighted by molar-refractivity contribution is -0.0198. The van der Waals surface area contributed by atoms with Crippen LogP contribution in [0.4, 0.5) is 8.78 Å². The molecular formula is C20H28F2O. The highest BCUT2D eigenvalue weighted by Gasteiger charge is 2.22. The van der Waals surface area contributed by atoms with Crippen molar-refractivity contribution in [1.82, 2.24) is 0 Å². The van der Waals surface area contributed by atoms with Gasteiger partial charge in [-0.1, -0.05) is 50.5 Å². The third-order valence-electron chi connectivity index (χ3n) is 4.67. The van der Waals surface area contributed by atoms with Crippen molar-refractivity contribution in [2.45, 2.75) is 64.4 Å². The molecule has 0 aromatic heterocycles. The number of hydrogen-bond acceptors (Lipinski definition) is 1. The fraction of sp³-hybridized carbons (Fsp3) is 0.600. The van der Waals surface area contributed by atoms with Gasteiger partial charge in [0.25, 0.3) is 6.08 Å². The lowest BCUT2D eigenvalue weighted by atomic mass is 9.90. The van der Waals surface area contributed by atoms with Gasteiger partial charge >= 0.3 is 0 Å². The van der Waals surface area contributed by atoms with E-state index in [1.54, 1.807) is 0 Å². The van der Waals surface area contributed by atoms with Gasteiger partial charge in [-0.2, -0.15) is 8.78 Å². The van der Waals surface area contributed by atoms with Crippen LogP contribution in [0, 0.1) is 5.92 Å². The molecular weight excluding hydrogens is 294 g/mol. The van der Waals surface area contributed by atoms with Crippen LogP contribution < -0.4 is 0 Å². The molecule has 1 aliphatic rings. The van der Waals surface area contributed by atoms with Crippen molar-refractivity contribution < 1.29 is 13.5 Å². The minimum Gasteiger partial charge on any atom is -0.373 e. The highest BCUT2D eigenvalue weighted by Crippen LogP contribution is 2.32. The van der Waals surface area contributed by atoms with E-state index in [0.29, 0.717) is 12.8 Å². The molecule has 1 aromatic rings. The van der Waals surface area contributed by atoms with E-state index in [9.17, 15) is 8.78 Å². The fourth-order valence-corrected chi connectivity index (χ4v) is 3.23. The topological polar surface area (TPSA) is 9.23 Å². The Morgan fingerprint density at radius 3 is 2.57 bits per heavy atom. The summed E-state index contributed by atoms with van der Waals surface area (Å²) in [5.41, 5.74) is 2.31. The molecule has 1 heterocycles. The number of halogens is 2. The van der Waals surface area contributed by atoms with Gasteiger partial charge in [-0.05, 0) is 55.2 Å². The summed E-state index contributed by atoms with van der Waals surface area (Å²) in [5, 5.41) is 0. The Kier molecular flexibility index (Phi) is 7.73. The summed E-state index contributed by atoms with van der Waals surface area (Å²) in [6.07, 6.45) is 8.18. The molecule has 128 valence electrons. The Labute approximate surface area is 138 Å². The molecule has 0 N–H and O–H groups in total. The van der Waals surface area contributed by atoms with E-state index >= 15 is 0 Å². The third kappa shape index (κ3) is 6.42. The van der Waals surface area contributed by atoms with Crippen LogP contribution in [0.3, 0.4) is 0 Å². The quantitative estimate of drug-likeness (QED) is 0.500. The van der Waals surface area contributed by atoms with E-state index in [1.165, 1.54) is 37.7 Å². The lowest BCUT2D eigenvalue weighted by Crippen LogP contribution is -2.20. The third-order valence-corrected chi connectivity index (χ3v) is 4.67. The predicted octanol–water partition coefficient (Wildman–Crippen LogP) is 6.45. The first-order valence-electron chi connectivity index (χ1n) is 8.90. The largest absolute Gasteiger partial charge is 0.373 e. The number of aryl methyl sites for hydroxylation is 1. The van der Waals surface area contributed by atoms with Crippen LogP contribution in [-0.4, -0.2) is 6.61 Å². The Morgan fingerprint density at radius 2 is 1.96 bits per heavy atom. The molecule has 3 heteroatoms.